The Balaban J connectivity index is 1.11. The molecule has 12 aromatic rings. The Morgan fingerprint density at radius 1 is 0.212 bits per heavy atom. The summed E-state index contributed by atoms with van der Waals surface area (Å²) in [5.74, 6) is 0. The first-order chi connectivity index (χ1) is 32.8. The molecule has 0 atom stereocenters. The summed E-state index contributed by atoms with van der Waals surface area (Å²) in [5.41, 5.74) is 16.1. The van der Waals surface area contributed by atoms with Crippen molar-refractivity contribution in [3.8, 4) is 44.5 Å². The van der Waals surface area contributed by atoms with Crippen LogP contribution in [-0.4, -0.2) is 0 Å². The smallest absolute Gasteiger partial charge is 0.0540 e. The molecule has 2 heteroatoms. The largest absolute Gasteiger partial charge is 0.309 e. The van der Waals surface area contributed by atoms with Crippen molar-refractivity contribution in [1.82, 2.24) is 0 Å². The lowest BCUT2D eigenvalue weighted by atomic mass is 9.91. The maximum Gasteiger partial charge on any atom is 0.0540 e. The number of hydrogen-bond acceptors (Lipinski definition) is 2. The Morgan fingerprint density at radius 3 is 0.955 bits per heavy atom. The van der Waals surface area contributed by atoms with Gasteiger partial charge in [0.05, 0.1) is 22.7 Å². The third-order valence-corrected chi connectivity index (χ3v) is 13.0. The van der Waals surface area contributed by atoms with E-state index >= 15 is 0 Å². The number of hydrogen-bond donors (Lipinski definition) is 0. The van der Waals surface area contributed by atoms with Gasteiger partial charge in [-0.15, -0.1) is 0 Å². The van der Waals surface area contributed by atoms with Crippen LogP contribution in [0.2, 0.25) is 0 Å². The Kier molecular flexibility index (Phi) is 9.89. The van der Waals surface area contributed by atoms with Crippen LogP contribution in [0.25, 0.3) is 76.8 Å². The Morgan fingerprint density at radius 2 is 0.545 bits per heavy atom. The summed E-state index contributed by atoms with van der Waals surface area (Å²) in [6.45, 7) is 0. The topological polar surface area (TPSA) is 6.48 Å². The maximum atomic E-state index is 2.47. The molecule has 12 aromatic carbocycles. The minimum atomic E-state index is 1.09. The van der Waals surface area contributed by atoms with E-state index in [9.17, 15) is 0 Å². The molecule has 66 heavy (non-hydrogen) atoms. The van der Waals surface area contributed by atoms with E-state index < -0.39 is 0 Å². The quantitative estimate of drug-likeness (QED) is 0.127. The zero-order valence-corrected chi connectivity index (χ0v) is 36.3. The highest BCUT2D eigenvalue weighted by atomic mass is 15.2. The minimum Gasteiger partial charge on any atom is -0.309 e. The molecule has 0 amide bonds. The first kappa shape index (κ1) is 38.9. The molecular formula is C64H44N2. The monoisotopic (exact) mass is 840 g/mol. The number of benzene rings is 12. The molecule has 0 spiro atoms. The van der Waals surface area contributed by atoms with Crippen molar-refractivity contribution in [2.75, 3.05) is 9.80 Å². The van der Waals surface area contributed by atoms with E-state index in [1.165, 1.54) is 76.8 Å². The van der Waals surface area contributed by atoms with E-state index in [-0.39, 0.29) is 0 Å². The molecular weight excluding hydrogens is 797 g/mol. The predicted molar refractivity (Wildman–Crippen MR) is 281 cm³/mol. The van der Waals surface area contributed by atoms with Gasteiger partial charge in [-0.1, -0.05) is 218 Å². The molecule has 0 N–H and O–H groups in total. The van der Waals surface area contributed by atoms with E-state index in [1.807, 2.05) is 0 Å². The number of para-hydroxylation sites is 2. The molecule has 0 aliphatic heterocycles. The predicted octanol–water partition coefficient (Wildman–Crippen LogP) is 18.2. The van der Waals surface area contributed by atoms with E-state index in [0.717, 1.165) is 34.1 Å². The van der Waals surface area contributed by atoms with E-state index in [4.69, 9.17) is 0 Å². The second-order valence-corrected chi connectivity index (χ2v) is 16.9. The van der Waals surface area contributed by atoms with Crippen LogP contribution in [0.5, 0.6) is 0 Å². The number of nitrogens with zero attached hydrogens (tertiary/aromatic N) is 2. The van der Waals surface area contributed by atoms with Gasteiger partial charge in [0.1, 0.15) is 0 Å². The van der Waals surface area contributed by atoms with Crippen LogP contribution in [0.4, 0.5) is 34.1 Å². The van der Waals surface area contributed by atoms with Crippen LogP contribution in [0.15, 0.2) is 267 Å². The fourth-order valence-electron chi connectivity index (χ4n) is 9.95. The Hall–Kier alpha value is -8.72. The zero-order chi connectivity index (χ0) is 43.8. The van der Waals surface area contributed by atoms with Gasteiger partial charge in [-0.2, -0.15) is 0 Å². The molecule has 0 aliphatic carbocycles. The summed E-state index contributed by atoms with van der Waals surface area (Å²) in [6.07, 6.45) is 0. The molecule has 0 fully saturated rings. The molecule has 0 unspecified atom stereocenters. The second-order valence-electron chi connectivity index (χ2n) is 16.9. The molecule has 12 rings (SSSR count). The zero-order valence-electron chi connectivity index (χ0n) is 36.3. The van der Waals surface area contributed by atoms with Crippen molar-refractivity contribution < 1.29 is 0 Å². The van der Waals surface area contributed by atoms with Crippen LogP contribution >= 0.6 is 0 Å². The summed E-state index contributed by atoms with van der Waals surface area (Å²) in [7, 11) is 0. The average Bonchev–Trinajstić information content (AvgIpc) is 3.40. The molecule has 0 aromatic heterocycles. The van der Waals surface area contributed by atoms with Crippen molar-refractivity contribution in [2.24, 2.45) is 0 Å². The highest BCUT2D eigenvalue weighted by Crippen LogP contribution is 2.50. The summed E-state index contributed by atoms with van der Waals surface area (Å²) in [5, 5.41) is 7.30. The van der Waals surface area contributed by atoms with Gasteiger partial charge in [0.2, 0.25) is 0 Å². The highest BCUT2D eigenvalue weighted by Gasteiger charge is 2.24. The fraction of sp³-hybridized carbons (Fsp3) is 0. The lowest BCUT2D eigenvalue weighted by Crippen LogP contribution is -2.13. The van der Waals surface area contributed by atoms with Crippen molar-refractivity contribution in [2.45, 2.75) is 0 Å². The maximum absolute atomic E-state index is 2.47. The SMILES string of the molecule is c1ccc(-c2cccc(N(c3ccccc3-c3ccccc3)c3ccc4ccc5c(N(c6cccc(-c7ccccc7)c6)c6ccccc6-c6ccccc6)ccc6ccc3c4c65)c2)cc1. The van der Waals surface area contributed by atoms with Gasteiger partial charge in [-0.05, 0) is 103 Å². The molecule has 0 saturated carbocycles. The van der Waals surface area contributed by atoms with Gasteiger partial charge in [0.25, 0.3) is 0 Å². The van der Waals surface area contributed by atoms with E-state index in [2.05, 4.69) is 277 Å². The lowest BCUT2D eigenvalue weighted by molar-refractivity contribution is 1.30. The molecule has 0 aliphatic rings. The second kappa shape index (κ2) is 16.8. The van der Waals surface area contributed by atoms with Gasteiger partial charge in [0, 0.05) is 33.3 Å². The fourth-order valence-corrected chi connectivity index (χ4v) is 9.95. The van der Waals surface area contributed by atoms with Crippen molar-refractivity contribution in [1.29, 1.82) is 0 Å². The molecule has 0 saturated heterocycles. The third kappa shape index (κ3) is 6.93. The summed E-state index contributed by atoms with van der Waals surface area (Å²) >= 11 is 0. The standard InChI is InChI=1S/C64H44N2/c1-5-19-45(20-6-1)51-27-17-29-53(43-51)65(59-33-15-13-31-55(59)47-23-9-3-10-24-47)61-41-37-49-36-40-58-62(42-38-50-35-39-57(61)63(49)64(50)58)66(54-30-18-28-52(44-54)46-21-7-2-8-22-46)60-34-16-14-32-56(60)48-25-11-4-12-26-48/h1-44H. The third-order valence-electron chi connectivity index (χ3n) is 13.0. The first-order valence-corrected chi connectivity index (χ1v) is 22.7. The van der Waals surface area contributed by atoms with Crippen LogP contribution < -0.4 is 9.80 Å². The van der Waals surface area contributed by atoms with Gasteiger partial charge in [-0.25, -0.2) is 0 Å². The number of anilines is 6. The van der Waals surface area contributed by atoms with Gasteiger partial charge < -0.3 is 9.80 Å². The lowest BCUT2D eigenvalue weighted by Gasteiger charge is -2.31. The number of rotatable bonds is 10. The summed E-state index contributed by atoms with van der Waals surface area (Å²) in [6, 6.07) is 97.0. The minimum absolute atomic E-state index is 1.09. The van der Waals surface area contributed by atoms with Crippen molar-refractivity contribution in [3.05, 3.63) is 267 Å². The van der Waals surface area contributed by atoms with Gasteiger partial charge in [-0.3, -0.25) is 0 Å². The molecule has 310 valence electrons. The average molecular weight is 841 g/mol. The summed E-state index contributed by atoms with van der Waals surface area (Å²) < 4.78 is 0. The highest BCUT2D eigenvalue weighted by molar-refractivity contribution is 6.28. The van der Waals surface area contributed by atoms with E-state index in [1.54, 1.807) is 0 Å². The van der Waals surface area contributed by atoms with Crippen LogP contribution in [-0.2, 0) is 0 Å². The normalized spacial score (nSPS) is 11.3. The Labute approximate surface area is 385 Å². The van der Waals surface area contributed by atoms with Crippen molar-refractivity contribution in [3.63, 3.8) is 0 Å². The van der Waals surface area contributed by atoms with Gasteiger partial charge >= 0.3 is 0 Å². The summed E-state index contributed by atoms with van der Waals surface area (Å²) in [4.78, 5) is 4.94. The van der Waals surface area contributed by atoms with E-state index in [0.29, 0.717) is 0 Å². The molecule has 0 heterocycles. The van der Waals surface area contributed by atoms with Gasteiger partial charge in [0.15, 0.2) is 0 Å². The molecule has 0 radical (unpaired) electrons. The Bertz CT molecular complexity index is 3400. The van der Waals surface area contributed by atoms with Crippen LogP contribution in [0.3, 0.4) is 0 Å². The molecule has 2 nitrogen and oxygen atoms in total. The van der Waals surface area contributed by atoms with Crippen LogP contribution in [0.1, 0.15) is 0 Å². The first-order valence-electron chi connectivity index (χ1n) is 22.7. The van der Waals surface area contributed by atoms with Crippen LogP contribution in [0, 0.1) is 0 Å². The van der Waals surface area contributed by atoms with Crippen molar-refractivity contribution >= 4 is 66.4 Å². The molecule has 0 bridgehead atoms.